The lowest BCUT2D eigenvalue weighted by atomic mass is 10.1. The van der Waals surface area contributed by atoms with Crippen LogP contribution in [0, 0.1) is 5.82 Å². The third kappa shape index (κ3) is 6.59. The molecule has 4 aromatic carbocycles. The number of carbonyl (C=O) groups excluding carboxylic acids is 2. The first kappa shape index (κ1) is 26.0. The van der Waals surface area contributed by atoms with Gasteiger partial charge in [-0.05, 0) is 60.2 Å². The van der Waals surface area contributed by atoms with Crippen LogP contribution in [0.4, 0.5) is 15.8 Å². The van der Waals surface area contributed by atoms with Gasteiger partial charge in [0.25, 0.3) is 5.91 Å². The first-order chi connectivity index (χ1) is 17.3. The number of halogens is 4. The molecular formula is C27H18Cl3FN2O2S. The number of benzene rings is 4. The standard InChI is InChI=1S/C27H18Cl3FN2O2S/c28-17-9-11-21(22(29)13-17)26(34)32-18-7-4-8-20(14-18)36-25(16-5-2-1-3-6-16)27(35)33-19-10-12-24(31)23(30)15-19/h1-15,25H,(H,32,34)(H,33,35). The molecule has 0 spiro atoms. The molecule has 0 aliphatic rings. The van der Waals surface area contributed by atoms with E-state index < -0.39 is 11.1 Å². The number of carbonyl (C=O) groups is 2. The van der Waals surface area contributed by atoms with Gasteiger partial charge in [0.15, 0.2) is 0 Å². The highest BCUT2D eigenvalue weighted by molar-refractivity contribution is 8.00. The van der Waals surface area contributed by atoms with E-state index in [1.165, 1.54) is 36.0 Å². The Morgan fingerprint density at radius 1 is 0.750 bits per heavy atom. The molecule has 4 aromatic rings. The van der Waals surface area contributed by atoms with Gasteiger partial charge in [-0.25, -0.2) is 4.39 Å². The fourth-order valence-corrected chi connectivity index (χ4v) is 5.10. The summed E-state index contributed by atoms with van der Waals surface area (Å²) in [6, 6.07) is 25.0. The van der Waals surface area contributed by atoms with Gasteiger partial charge in [-0.15, -0.1) is 11.8 Å². The maximum absolute atomic E-state index is 13.5. The quantitative estimate of drug-likeness (QED) is 0.223. The van der Waals surface area contributed by atoms with Crippen molar-refractivity contribution in [1.29, 1.82) is 0 Å². The molecule has 2 amide bonds. The van der Waals surface area contributed by atoms with E-state index in [4.69, 9.17) is 34.8 Å². The van der Waals surface area contributed by atoms with Crippen molar-refractivity contribution >= 4 is 69.8 Å². The molecule has 0 fully saturated rings. The molecule has 1 unspecified atom stereocenters. The third-order valence-corrected chi connectivity index (χ3v) is 7.13. The van der Waals surface area contributed by atoms with Crippen molar-refractivity contribution in [2.24, 2.45) is 0 Å². The van der Waals surface area contributed by atoms with Crippen molar-refractivity contribution in [3.05, 3.63) is 123 Å². The SMILES string of the molecule is O=C(Nc1cccc(SC(C(=O)Nc2ccc(F)c(Cl)c2)c2ccccc2)c1)c1ccc(Cl)cc1Cl. The van der Waals surface area contributed by atoms with E-state index in [2.05, 4.69) is 10.6 Å². The number of thioether (sulfide) groups is 1. The van der Waals surface area contributed by atoms with Gasteiger partial charge in [0.1, 0.15) is 11.1 Å². The minimum Gasteiger partial charge on any atom is -0.325 e. The smallest absolute Gasteiger partial charge is 0.257 e. The van der Waals surface area contributed by atoms with Gasteiger partial charge >= 0.3 is 0 Å². The van der Waals surface area contributed by atoms with Crippen LogP contribution in [0.15, 0.2) is 95.9 Å². The molecular weight excluding hydrogens is 542 g/mol. The summed E-state index contributed by atoms with van der Waals surface area (Å²) in [5.74, 6) is -1.26. The monoisotopic (exact) mass is 558 g/mol. The summed E-state index contributed by atoms with van der Waals surface area (Å²) < 4.78 is 13.5. The molecule has 2 N–H and O–H groups in total. The number of hydrogen-bond donors (Lipinski definition) is 2. The van der Waals surface area contributed by atoms with Gasteiger partial charge in [0.2, 0.25) is 5.91 Å². The zero-order valence-electron chi connectivity index (χ0n) is 18.5. The molecule has 9 heteroatoms. The summed E-state index contributed by atoms with van der Waals surface area (Å²) in [7, 11) is 0. The van der Waals surface area contributed by atoms with Gasteiger partial charge < -0.3 is 10.6 Å². The number of anilines is 2. The molecule has 0 saturated heterocycles. The third-order valence-electron chi connectivity index (χ3n) is 5.05. The Morgan fingerprint density at radius 3 is 2.22 bits per heavy atom. The molecule has 0 aliphatic carbocycles. The Kier molecular flexibility index (Phi) is 8.54. The topological polar surface area (TPSA) is 58.2 Å². The highest BCUT2D eigenvalue weighted by atomic mass is 35.5. The summed E-state index contributed by atoms with van der Waals surface area (Å²) in [5, 5.41) is 5.58. The highest BCUT2D eigenvalue weighted by Gasteiger charge is 2.23. The molecule has 182 valence electrons. The average molecular weight is 560 g/mol. The lowest BCUT2D eigenvalue weighted by molar-refractivity contribution is -0.115. The second-order valence-electron chi connectivity index (χ2n) is 7.63. The Balaban J connectivity index is 1.55. The molecule has 0 saturated carbocycles. The van der Waals surface area contributed by atoms with Gasteiger partial charge in [-0.1, -0.05) is 71.2 Å². The van der Waals surface area contributed by atoms with Crippen molar-refractivity contribution in [2.45, 2.75) is 10.1 Å². The van der Waals surface area contributed by atoms with E-state index in [0.29, 0.717) is 22.0 Å². The zero-order valence-corrected chi connectivity index (χ0v) is 21.6. The second-order valence-corrected chi connectivity index (χ2v) is 10.1. The van der Waals surface area contributed by atoms with Crippen LogP contribution in [0.25, 0.3) is 0 Å². The van der Waals surface area contributed by atoms with Crippen LogP contribution in [0.1, 0.15) is 21.2 Å². The summed E-state index contributed by atoms with van der Waals surface area (Å²) in [6.45, 7) is 0. The van der Waals surface area contributed by atoms with Crippen LogP contribution >= 0.6 is 46.6 Å². The Morgan fingerprint density at radius 2 is 1.50 bits per heavy atom. The summed E-state index contributed by atoms with van der Waals surface area (Å²) in [6.07, 6.45) is 0. The molecule has 0 heterocycles. The highest BCUT2D eigenvalue weighted by Crippen LogP contribution is 2.37. The van der Waals surface area contributed by atoms with Crippen molar-refractivity contribution in [3.8, 4) is 0 Å². The van der Waals surface area contributed by atoms with Crippen molar-refractivity contribution in [2.75, 3.05) is 10.6 Å². The van der Waals surface area contributed by atoms with Crippen LogP contribution in [0.5, 0.6) is 0 Å². The minimum atomic E-state index is -0.633. The first-order valence-electron chi connectivity index (χ1n) is 10.6. The fourth-order valence-electron chi connectivity index (χ4n) is 3.34. The van der Waals surface area contributed by atoms with E-state index in [1.54, 1.807) is 30.3 Å². The lowest BCUT2D eigenvalue weighted by Crippen LogP contribution is -2.19. The summed E-state index contributed by atoms with van der Waals surface area (Å²) in [4.78, 5) is 26.7. The van der Waals surface area contributed by atoms with E-state index in [1.807, 2.05) is 36.4 Å². The molecule has 4 rings (SSSR count). The van der Waals surface area contributed by atoms with Crippen LogP contribution in [0.3, 0.4) is 0 Å². The molecule has 4 nitrogen and oxygen atoms in total. The second kappa shape index (κ2) is 11.8. The predicted octanol–water partition coefficient (Wildman–Crippen LogP) is 8.51. The van der Waals surface area contributed by atoms with Gasteiger partial charge in [-0.3, -0.25) is 9.59 Å². The number of amides is 2. The summed E-state index contributed by atoms with van der Waals surface area (Å²) >= 11 is 19.2. The van der Waals surface area contributed by atoms with Crippen molar-refractivity contribution in [1.82, 2.24) is 0 Å². The van der Waals surface area contributed by atoms with E-state index in [0.717, 1.165) is 10.5 Å². The Labute approximate surface area is 226 Å². The first-order valence-corrected chi connectivity index (χ1v) is 12.7. The number of nitrogens with one attached hydrogen (secondary N) is 2. The van der Waals surface area contributed by atoms with Gasteiger partial charge in [0, 0.05) is 21.3 Å². The maximum atomic E-state index is 13.5. The van der Waals surface area contributed by atoms with Crippen LogP contribution in [-0.2, 0) is 4.79 Å². The van der Waals surface area contributed by atoms with Crippen LogP contribution in [0.2, 0.25) is 15.1 Å². The molecule has 0 aromatic heterocycles. The molecule has 0 aliphatic heterocycles. The largest absolute Gasteiger partial charge is 0.325 e. The average Bonchev–Trinajstić information content (AvgIpc) is 2.85. The Hall–Kier alpha value is -3.03. The predicted molar refractivity (Wildman–Crippen MR) is 146 cm³/mol. The minimum absolute atomic E-state index is 0.0825. The molecule has 0 radical (unpaired) electrons. The van der Waals surface area contributed by atoms with Crippen molar-refractivity contribution < 1.29 is 14.0 Å². The van der Waals surface area contributed by atoms with E-state index >= 15 is 0 Å². The number of rotatable bonds is 7. The van der Waals surface area contributed by atoms with Crippen molar-refractivity contribution in [3.63, 3.8) is 0 Å². The molecule has 36 heavy (non-hydrogen) atoms. The molecule has 1 atom stereocenters. The van der Waals surface area contributed by atoms with Crippen LogP contribution in [-0.4, -0.2) is 11.8 Å². The zero-order chi connectivity index (χ0) is 25.7. The molecule has 0 bridgehead atoms. The maximum Gasteiger partial charge on any atom is 0.257 e. The van der Waals surface area contributed by atoms with E-state index in [-0.39, 0.29) is 21.9 Å². The summed E-state index contributed by atoms with van der Waals surface area (Å²) in [5.41, 5.74) is 1.98. The van der Waals surface area contributed by atoms with E-state index in [9.17, 15) is 14.0 Å². The normalized spacial score (nSPS) is 11.6. The lowest BCUT2D eigenvalue weighted by Gasteiger charge is -2.18. The number of hydrogen-bond acceptors (Lipinski definition) is 3. The van der Waals surface area contributed by atoms with Crippen LogP contribution < -0.4 is 10.6 Å². The van der Waals surface area contributed by atoms with Gasteiger partial charge in [0.05, 0.1) is 15.6 Å². The fraction of sp³-hybridized carbons (Fsp3) is 0.0370. The van der Waals surface area contributed by atoms with Gasteiger partial charge in [-0.2, -0.15) is 0 Å². The Bertz CT molecular complexity index is 1420.